The van der Waals surface area contributed by atoms with Crippen molar-refractivity contribution in [3.8, 4) is 11.5 Å². The summed E-state index contributed by atoms with van der Waals surface area (Å²) < 4.78 is 10.3. The largest absolute Gasteiger partial charge is 0.493 e. The second kappa shape index (κ2) is 5.69. The molecule has 0 saturated heterocycles. The molecule has 1 aliphatic carbocycles. The highest BCUT2D eigenvalue weighted by atomic mass is 16.5. The van der Waals surface area contributed by atoms with Crippen molar-refractivity contribution < 1.29 is 14.3 Å². The van der Waals surface area contributed by atoms with Crippen molar-refractivity contribution in [3.63, 3.8) is 0 Å². The standard InChI is InChI=1S/C13H19N3O3/c1-18-11-6-9(14)10(7-12(11)19-2)16-13(17)15-8-4-3-5-8/h6-8H,3-5,14H2,1-2H3,(H2,15,16,17). The number of benzene rings is 1. The number of anilines is 2. The van der Waals surface area contributed by atoms with Gasteiger partial charge in [0.15, 0.2) is 11.5 Å². The van der Waals surface area contributed by atoms with Crippen LogP contribution in [0.15, 0.2) is 12.1 Å². The molecular weight excluding hydrogens is 246 g/mol. The third kappa shape index (κ3) is 3.01. The molecule has 1 aliphatic rings. The van der Waals surface area contributed by atoms with Crippen molar-refractivity contribution >= 4 is 17.4 Å². The van der Waals surface area contributed by atoms with Gasteiger partial charge in [0.25, 0.3) is 0 Å². The highest BCUT2D eigenvalue weighted by molar-refractivity contribution is 5.93. The number of nitrogens with two attached hydrogens (primary N) is 1. The zero-order chi connectivity index (χ0) is 13.8. The monoisotopic (exact) mass is 265 g/mol. The second-order valence-corrected chi connectivity index (χ2v) is 4.52. The Bertz CT molecular complexity index is 472. The molecule has 4 N–H and O–H groups in total. The van der Waals surface area contributed by atoms with E-state index in [9.17, 15) is 4.79 Å². The molecule has 1 saturated carbocycles. The van der Waals surface area contributed by atoms with Crippen LogP contribution in [0.2, 0.25) is 0 Å². The van der Waals surface area contributed by atoms with Gasteiger partial charge in [0, 0.05) is 18.2 Å². The smallest absolute Gasteiger partial charge is 0.319 e. The summed E-state index contributed by atoms with van der Waals surface area (Å²) in [5, 5.41) is 5.61. The highest BCUT2D eigenvalue weighted by Crippen LogP contribution is 2.34. The molecule has 0 bridgehead atoms. The Hall–Kier alpha value is -2.11. The number of rotatable bonds is 4. The Morgan fingerprint density at radius 1 is 1.26 bits per heavy atom. The highest BCUT2D eigenvalue weighted by Gasteiger charge is 2.20. The van der Waals surface area contributed by atoms with Crippen molar-refractivity contribution in [1.29, 1.82) is 0 Å². The van der Waals surface area contributed by atoms with E-state index in [-0.39, 0.29) is 12.1 Å². The summed E-state index contributed by atoms with van der Waals surface area (Å²) in [7, 11) is 3.07. The number of urea groups is 1. The number of hydrogen-bond acceptors (Lipinski definition) is 4. The van der Waals surface area contributed by atoms with Gasteiger partial charge in [-0.1, -0.05) is 0 Å². The predicted molar refractivity (Wildman–Crippen MR) is 73.8 cm³/mol. The molecule has 0 atom stereocenters. The quantitative estimate of drug-likeness (QED) is 0.726. The molecular formula is C13H19N3O3. The Balaban J connectivity index is 2.08. The van der Waals surface area contributed by atoms with E-state index in [1.165, 1.54) is 20.6 Å². The maximum atomic E-state index is 11.8. The van der Waals surface area contributed by atoms with Crippen molar-refractivity contribution in [2.24, 2.45) is 0 Å². The van der Waals surface area contributed by atoms with Gasteiger partial charge >= 0.3 is 6.03 Å². The van der Waals surface area contributed by atoms with Crippen LogP contribution >= 0.6 is 0 Å². The Morgan fingerprint density at radius 2 is 1.89 bits per heavy atom. The van der Waals surface area contributed by atoms with E-state index in [1.807, 2.05) is 0 Å². The molecule has 6 nitrogen and oxygen atoms in total. The molecule has 0 heterocycles. The van der Waals surface area contributed by atoms with Crippen molar-refractivity contribution in [2.75, 3.05) is 25.3 Å². The third-order valence-corrected chi connectivity index (χ3v) is 3.24. The van der Waals surface area contributed by atoms with E-state index in [4.69, 9.17) is 15.2 Å². The summed E-state index contributed by atoms with van der Waals surface area (Å²) >= 11 is 0. The van der Waals surface area contributed by atoms with E-state index in [0.717, 1.165) is 12.8 Å². The summed E-state index contributed by atoms with van der Waals surface area (Å²) in [6.07, 6.45) is 3.24. The summed E-state index contributed by atoms with van der Waals surface area (Å²) in [6, 6.07) is 3.30. The normalized spacial score (nSPS) is 14.4. The average molecular weight is 265 g/mol. The molecule has 1 fully saturated rings. The Morgan fingerprint density at radius 3 is 2.42 bits per heavy atom. The van der Waals surface area contributed by atoms with Crippen molar-refractivity contribution in [2.45, 2.75) is 25.3 Å². The lowest BCUT2D eigenvalue weighted by Crippen LogP contribution is -2.41. The number of nitrogens with one attached hydrogen (secondary N) is 2. The van der Waals surface area contributed by atoms with E-state index in [2.05, 4.69) is 10.6 Å². The summed E-state index contributed by atoms with van der Waals surface area (Å²) in [5.41, 5.74) is 6.81. The number of carbonyl (C=O) groups is 1. The first kappa shape index (κ1) is 13.3. The predicted octanol–water partition coefficient (Wildman–Crippen LogP) is 1.96. The minimum absolute atomic E-state index is 0.247. The lowest BCUT2D eigenvalue weighted by molar-refractivity contribution is 0.240. The van der Waals surface area contributed by atoms with Crippen LogP contribution in [0.1, 0.15) is 19.3 Å². The molecule has 0 spiro atoms. The molecule has 2 rings (SSSR count). The second-order valence-electron chi connectivity index (χ2n) is 4.52. The zero-order valence-corrected chi connectivity index (χ0v) is 11.2. The van der Waals surface area contributed by atoms with E-state index in [1.54, 1.807) is 12.1 Å². The maximum absolute atomic E-state index is 11.8. The molecule has 0 aliphatic heterocycles. The third-order valence-electron chi connectivity index (χ3n) is 3.24. The van der Waals surface area contributed by atoms with Gasteiger partial charge in [-0.3, -0.25) is 0 Å². The van der Waals surface area contributed by atoms with Gasteiger partial charge < -0.3 is 25.8 Å². The van der Waals surface area contributed by atoms with Gasteiger partial charge in [-0.15, -0.1) is 0 Å². The lowest BCUT2D eigenvalue weighted by atomic mass is 9.93. The SMILES string of the molecule is COc1cc(N)c(NC(=O)NC2CCC2)cc1OC. The molecule has 104 valence electrons. The zero-order valence-electron chi connectivity index (χ0n) is 11.2. The first-order valence-electron chi connectivity index (χ1n) is 6.23. The molecule has 1 aromatic rings. The minimum Gasteiger partial charge on any atom is -0.493 e. The molecule has 19 heavy (non-hydrogen) atoms. The fourth-order valence-electron chi connectivity index (χ4n) is 1.90. The number of amides is 2. The number of nitrogen functional groups attached to an aromatic ring is 1. The van der Waals surface area contributed by atoms with Crippen molar-refractivity contribution in [3.05, 3.63) is 12.1 Å². The molecule has 0 unspecified atom stereocenters. The van der Waals surface area contributed by atoms with Gasteiger partial charge in [0.05, 0.1) is 25.6 Å². The first-order chi connectivity index (χ1) is 9.13. The number of methoxy groups -OCH3 is 2. The summed E-state index contributed by atoms with van der Waals surface area (Å²) in [5.74, 6) is 1.06. The number of hydrogen-bond donors (Lipinski definition) is 3. The van der Waals surface area contributed by atoms with Crippen molar-refractivity contribution in [1.82, 2.24) is 5.32 Å². The molecule has 1 aromatic carbocycles. The van der Waals surface area contributed by atoms with Gasteiger partial charge in [-0.05, 0) is 19.3 Å². The van der Waals surface area contributed by atoms with Gasteiger partial charge in [-0.2, -0.15) is 0 Å². The lowest BCUT2D eigenvalue weighted by Gasteiger charge is -2.26. The maximum Gasteiger partial charge on any atom is 0.319 e. The summed E-state index contributed by atoms with van der Waals surface area (Å²) in [4.78, 5) is 11.8. The van der Waals surface area contributed by atoms with E-state index < -0.39 is 0 Å². The van der Waals surface area contributed by atoms with Gasteiger partial charge in [-0.25, -0.2) is 4.79 Å². The van der Waals surface area contributed by atoms with Gasteiger partial charge in [0.1, 0.15) is 0 Å². The van der Waals surface area contributed by atoms with Crippen LogP contribution in [-0.4, -0.2) is 26.3 Å². The fourth-order valence-corrected chi connectivity index (χ4v) is 1.90. The topological polar surface area (TPSA) is 85.6 Å². The Labute approximate surface area is 112 Å². The minimum atomic E-state index is -0.247. The fraction of sp³-hybridized carbons (Fsp3) is 0.462. The average Bonchev–Trinajstić information content (AvgIpc) is 2.35. The Kier molecular flexibility index (Phi) is 3.99. The number of ether oxygens (including phenoxy) is 2. The molecule has 6 heteroatoms. The summed E-state index contributed by atoms with van der Waals surface area (Å²) in [6.45, 7) is 0. The van der Waals surface area contributed by atoms with Gasteiger partial charge in [0.2, 0.25) is 0 Å². The van der Waals surface area contributed by atoms with E-state index in [0.29, 0.717) is 22.9 Å². The first-order valence-corrected chi connectivity index (χ1v) is 6.23. The number of carbonyl (C=O) groups excluding carboxylic acids is 1. The molecule has 0 radical (unpaired) electrons. The van der Waals surface area contributed by atoms with Crippen LogP contribution in [-0.2, 0) is 0 Å². The molecule has 2 amide bonds. The van der Waals surface area contributed by atoms with Crippen LogP contribution < -0.4 is 25.8 Å². The van der Waals surface area contributed by atoms with Crippen LogP contribution in [0.3, 0.4) is 0 Å². The van der Waals surface area contributed by atoms with Crippen LogP contribution in [0.25, 0.3) is 0 Å². The van der Waals surface area contributed by atoms with Crippen LogP contribution in [0.4, 0.5) is 16.2 Å². The van der Waals surface area contributed by atoms with Crippen LogP contribution in [0, 0.1) is 0 Å². The van der Waals surface area contributed by atoms with E-state index >= 15 is 0 Å². The molecule has 0 aromatic heterocycles. The van der Waals surface area contributed by atoms with Crippen LogP contribution in [0.5, 0.6) is 11.5 Å².